The summed E-state index contributed by atoms with van der Waals surface area (Å²) in [6.45, 7) is 10.6. The van der Waals surface area contributed by atoms with E-state index in [9.17, 15) is 9.35 Å². The van der Waals surface area contributed by atoms with Crippen LogP contribution in [0.15, 0.2) is 59.1 Å². The van der Waals surface area contributed by atoms with E-state index < -0.39 is 11.4 Å². The lowest BCUT2D eigenvalue weighted by molar-refractivity contribution is 0.0945. The summed E-state index contributed by atoms with van der Waals surface area (Å²) in [7, 11) is 0. The first-order chi connectivity index (χ1) is 20.1. The molecule has 0 bridgehead atoms. The van der Waals surface area contributed by atoms with Gasteiger partial charge in [0, 0.05) is 59.9 Å². The molecule has 42 heavy (non-hydrogen) atoms. The molecule has 5 rings (SSSR count). The van der Waals surface area contributed by atoms with Crippen molar-refractivity contribution in [2.45, 2.75) is 73.9 Å². The van der Waals surface area contributed by atoms with E-state index in [0.29, 0.717) is 23.1 Å². The van der Waals surface area contributed by atoms with Gasteiger partial charge in [-0.1, -0.05) is 29.4 Å². The molecular formula is C29H36ClN7O3S2. The SMILES string of the molecule is C[C@@H]1OCC2(CCN(c3cnc(Sc4ccnc(C(=O)NCc5cccnc5)c4Cl)cn3)CC2)[C@@H]1N[S+]([O-])C(C)(C)C. The number of ether oxygens (including phenoxy) is 1. The molecule has 0 radical (unpaired) electrons. The van der Waals surface area contributed by atoms with E-state index in [2.05, 4.69) is 41.8 Å². The van der Waals surface area contributed by atoms with Crippen LogP contribution in [-0.2, 0) is 22.6 Å². The van der Waals surface area contributed by atoms with Crippen molar-refractivity contribution in [3.63, 3.8) is 0 Å². The van der Waals surface area contributed by atoms with Gasteiger partial charge in [-0.15, -0.1) is 4.72 Å². The van der Waals surface area contributed by atoms with Crippen LogP contribution in [0, 0.1) is 5.41 Å². The van der Waals surface area contributed by atoms with Crippen LogP contribution in [0.1, 0.15) is 56.6 Å². The van der Waals surface area contributed by atoms with Crippen molar-refractivity contribution < 1.29 is 14.1 Å². The summed E-state index contributed by atoms with van der Waals surface area (Å²) in [5.41, 5.74) is 0.980. The number of hydrogen-bond acceptors (Lipinski definition) is 10. The molecule has 3 aromatic rings. The highest BCUT2D eigenvalue weighted by molar-refractivity contribution is 7.99. The van der Waals surface area contributed by atoms with Gasteiger partial charge >= 0.3 is 0 Å². The zero-order valence-electron chi connectivity index (χ0n) is 24.2. The van der Waals surface area contributed by atoms with Crippen molar-refractivity contribution in [1.82, 2.24) is 30.0 Å². The fourth-order valence-electron chi connectivity index (χ4n) is 5.20. The number of pyridine rings is 2. The third-order valence-corrected chi connectivity index (χ3v) is 10.8. The number of carbonyl (C=O) groups is 1. The Morgan fingerprint density at radius 2 is 1.98 bits per heavy atom. The Morgan fingerprint density at radius 3 is 2.64 bits per heavy atom. The topological polar surface area (TPSA) is 128 Å². The molecule has 3 atom stereocenters. The van der Waals surface area contributed by atoms with Gasteiger partial charge < -0.3 is 19.5 Å². The Balaban J connectivity index is 1.19. The summed E-state index contributed by atoms with van der Waals surface area (Å²) < 4.78 is 22.0. The van der Waals surface area contributed by atoms with Crippen molar-refractivity contribution in [3.8, 4) is 0 Å². The van der Waals surface area contributed by atoms with Gasteiger partial charge in [-0.05, 0) is 58.2 Å². The highest BCUT2D eigenvalue weighted by Gasteiger charge is 2.52. The monoisotopic (exact) mass is 629 g/mol. The third kappa shape index (κ3) is 7.00. The lowest BCUT2D eigenvalue weighted by atomic mass is 9.73. The first-order valence-corrected chi connectivity index (χ1v) is 16.3. The second-order valence-corrected chi connectivity index (χ2v) is 15.1. The van der Waals surface area contributed by atoms with E-state index in [1.165, 1.54) is 11.8 Å². The number of anilines is 1. The number of nitrogens with one attached hydrogen (secondary N) is 2. The fourth-order valence-corrected chi connectivity index (χ4v) is 7.29. The number of rotatable bonds is 8. The minimum Gasteiger partial charge on any atom is -0.598 e. The molecule has 0 aliphatic carbocycles. The molecular weight excluding hydrogens is 594 g/mol. The lowest BCUT2D eigenvalue weighted by Crippen LogP contribution is -2.56. The van der Waals surface area contributed by atoms with Crippen LogP contribution in [0.4, 0.5) is 5.82 Å². The number of nitrogens with zero attached hydrogens (tertiary/aromatic N) is 5. The van der Waals surface area contributed by atoms with Crippen LogP contribution in [0.25, 0.3) is 0 Å². The fraction of sp³-hybridized carbons (Fsp3) is 0.483. The summed E-state index contributed by atoms with van der Waals surface area (Å²) in [5.74, 6) is 0.444. The number of aromatic nitrogens is 4. The second kappa shape index (κ2) is 13.0. The Morgan fingerprint density at radius 1 is 1.19 bits per heavy atom. The van der Waals surface area contributed by atoms with Gasteiger partial charge in [0.25, 0.3) is 5.91 Å². The normalized spacial score (nSPS) is 21.0. The molecule has 2 aliphatic rings. The predicted octanol–water partition coefficient (Wildman–Crippen LogP) is 4.43. The average molecular weight is 630 g/mol. The van der Waals surface area contributed by atoms with Gasteiger partial charge in [0.05, 0.1) is 36.2 Å². The molecule has 2 N–H and O–H groups in total. The standard InChI is InChI=1S/C29H36ClN7O3S2/c1-19-26(36-42(39)28(2,3)4)29(18-40-19)8-12-37(13-9-29)22-16-34-23(17-33-22)41-21-7-11-32-25(24(21)30)27(38)35-15-20-6-5-10-31-14-20/h5-7,10-11,14,16-17,19,26,36H,8-9,12-13,15,18H2,1-4H3,(H,35,38)/t19-,26+,42?/m0/s1. The summed E-state index contributed by atoms with van der Waals surface area (Å²) in [5, 5.41) is 3.76. The molecule has 1 unspecified atom stereocenters. The molecule has 1 spiro atoms. The van der Waals surface area contributed by atoms with Crippen LogP contribution in [0.2, 0.25) is 5.02 Å². The predicted molar refractivity (Wildman–Crippen MR) is 165 cm³/mol. The maximum atomic E-state index is 12.9. The van der Waals surface area contributed by atoms with Crippen molar-refractivity contribution in [3.05, 3.63) is 65.5 Å². The van der Waals surface area contributed by atoms with E-state index in [-0.39, 0.29) is 38.9 Å². The van der Waals surface area contributed by atoms with Gasteiger partial charge in [-0.2, -0.15) is 0 Å². The van der Waals surface area contributed by atoms with Crippen molar-refractivity contribution in [2.24, 2.45) is 5.41 Å². The zero-order chi connectivity index (χ0) is 29.9. The molecule has 224 valence electrons. The quantitative estimate of drug-likeness (QED) is 0.345. The maximum Gasteiger partial charge on any atom is 0.271 e. The summed E-state index contributed by atoms with van der Waals surface area (Å²) >= 11 is 6.75. The number of piperidine rings is 1. The molecule has 5 heterocycles. The van der Waals surface area contributed by atoms with Crippen molar-refractivity contribution >= 4 is 46.4 Å². The summed E-state index contributed by atoms with van der Waals surface area (Å²) in [6.07, 6.45) is 10.3. The van der Waals surface area contributed by atoms with Crippen molar-refractivity contribution in [1.29, 1.82) is 0 Å². The second-order valence-electron chi connectivity index (χ2n) is 11.7. The van der Waals surface area contributed by atoms with E-state index in [1.54, 1.807) is 37.1 Å². The Bertz CT molecular complexity index is 1370. The smallest absolute Gasteiger partial charge is 0.271 e. The molecule has 3 aromatic heterocycles. The van der Waals surface area contributed by atoms with Crippen LogP contribution >= 0.6 is 23.4 Å². The summed E-state index contributed by atoms with van der Waals surface area (Å²) in [6, 6.07) is 5.49. The van der Waals surface area contributed by atoms with E-state index >= 15 is 0 Å². The molecule has 2 saturated heterocycles. The highest BCUT2D eigenvalue weighted by Crippen LogP contribution is 2.43. The molecule has 1 amide bonds. The van der Waals surface area contributed by atoms with E-state index in [4.69, 9.17) is 16.3 Å². The van der Waals surface area contributed by atoms with Gasteiger partial charge in [-0.3, -0.25) is 9.78 Å². The minimum absolute atomic E-state index is 0.00622. The van der Waals surface area contributed by atoms with Crippen LogP contribution in [-0.4, -0.2) is 67.0 Å². The number of halogens is 1. The minimum atomic E-state index is -1.16. The van der Waals surface area contributed by atoms with Crippen molar-refractivity contribution in [2.75, 3.05) is 24.6 Å². The molecule has 2 aliphatic heterocycles. The average Bonchev–Trinajstić information content (AvgIpc) is 3.27. The Kier molecular flexibility index (Phi) is 9.60. The van der Waals surface area contributed by atoms with E-state index in [1.807, 2.05) is 32.9 Å². The number of carbonyl (C=O) groups excluding carboxylic acids is 1. The molecule has 2 fully saturated rings. The summed E-state index contributed by atoms with van der Waals surface area (Å²) in [4.78, 5) is 33.2. The van der Waals surface area contributed by atoms with Crippen LogP contribution < -0.4 is 14.9 Å². The largest absolute Gasteiger partial charge is 0.598 e. The first-order valence-electron chi connectivity index (χ1n) is 13.9. The third-order valence-electron chi connectivity index (χ3n) is 7.71. The first kappa shape index (κ1) is 31.0. The van der Waals surface area contributed by atoms with Gasteiger partial charge in [0.2, 0.25) is 0 Å². The molecule has 10 nitrogen and oxygen atoms in total. The number of amides is 1. The Hall–Kier alpha value is -2.48. The molecule has 13 heteroatoms. The van der Waals surface area contributed by atoms with Crippen LogP contribution in [0.5, 0.6) is 0 Å². The maximum absolute atomic E-state index is 12.9. The molecule has 0 saturated carbocycles. The molecule has 0 aromatic carbocycles. The van der Waals surface area contributed by atoms with Gasteiger partial charge in [0.1, 0.15) is 21.3 Å². The van der Waals surface area contributed by atoms with Gasteiger partial charge in [0.15, 0.2) is 0 Å². The zero-order valence-corrected chi connectivity index (χ0v) is 26.6. The van der Waals surface area contributed by atoms with Gasteiger partial charge in [-0.25, -0.2) is 15.0 Å². The highest BCUT2D eigenvalue weighted by atomic mass is 35.5. The number of hydrogen-bond donors (Lipinski definition) is 2. The van der Waals surface area contributed by atoms with E-state index in [0.717, 1.165) is 37.3 Å². The Labute approximate surface area is 259 Å². The van der Waals surface area contributed by atoms with Crippen LogP contribution in [0.3, 0.4) is 0 Å². The lowest BCUT2D eigenvalue weighted by Gasteiger charge is -2.43.